The molecule has 0 bridgehead atoms. The third kappa shape index (κ3) is 6.41. The number of alkyl halides is 1. The number of hydrogen-bond donors (Lipinski definition) is 0. The van der Waals surface area contributed by atoms with Crippen LogP contribution in [-0.4, -0.2) is 31.8 Å². The quantitative estimate of drug-likeness (QED) is 0.191. The molecule has 1 aliphatic rings. The van der Waals surface area contributed by atoms with Crippen LogP contribution in [0, 0.1) is 5.92 Å². The summed E-state index contributed by atoms with van der Waals surface area (Å²) in [6, 6.07) is 12.7. The van der Waals surface area contributed by atoms with Crippen molar-refractivity contribution in [1.29, 1.82) is 0 Å². The van der Waals surface area contributed by atoms with Gasteiger partial charge in [0.1, 0.15) is 11.5 Å². The number of methoxy groups -OCH3 is 1. The van der Waals surface area contributed by atoms with Crippen LogP contribution in [0.3, 0.4) is 0 Å². The largest absolute Gasteiger partial charge is 0.424 e. The fraction of sp³-hybridized carbons (Fsp3) is 0.357. The molecule has 2 aromatic carbocycles. The highest BCUT2D eigenvalue weighted by Crippen LogP contribution is 2.41. The molecule has 0 aliphatic heterocycles. The van der Waals surface area contributed by atoms with E-state index in [1.165, 1.54) is 14.0 Å². The Balaban J connectivity index is 1.84. The maximum atomic E-state index is 13.5. The van der Waals surface area contributed by atoms with Gasteiger partial charge in [-0.25, -0.2) is 14.0 Å². The van der Waals surface area contributed by atoms with Crippen molar-refractivity contribution in [2.24, 2.45) is 5.92 Å². The van der Waals surface area contributed by atoms with Gasteiger partial charge in [0, 0.05) is 7.11 Å². The lowest BCUT2D eigenvalue weighted by atomic mass is 9.78. The molecule has 0 spiro atoms. The fourth-order valence-electron chi connectivity index (χ4n) is 4.12. The summed E-state index contributed by atoms with van der Waals surface area (Å²) in [5.41, 5.74) is 2.97. The Labute approximate surface area is 200 Å². The number of rotatable bonds is 9. The second-order valence-corrected chi connectivity index (χ2v) is 8.59. The van der Waals surface area contributed by atoms with Crippen molar-refractivity contribution in [2.75, 3.05) is 13.7 Å². The zero-order valence-electron chi connectivity index (χ0n) is 19.7. The Bertz CT molecular complexity index is 1030. The Morgan fingerprint density at radius 1 is 1.06 bits per heavy atom. The normalized spacial score (nSPS) is 18.6. The number of benzene rings is 2. The standard InChI is InChI=1S/C28H31FO5/c1-5-20-6-8-22(9-7-20)25-16-23(12-15-26(25)34-28(31)19(3)29)21-10-13-24(14-11-21)33-27(30)18(2)17-32-4/h5,10-16,19-20,22H,1-2,6-9,17H2,3-4H3/t19-,20?,22?/m0/s1. The van der Waals surface area contributed by atoms with E-state index >= 15 is 0 Å². The molecule has 34 heavy (non-hydrogen) atoms. The maximum absolute atomic E-state index is 13.5. The van der Waals surface area contributed by atoms with Crippen molar-refractivity contribution < 1.29 is 28.2 Å². The van der Waals surface area contributed by atoms with Gasteiger partial charge in [0.2, 0.25) is 0 Å². The molecule has 1 fully saturated rings. The minimum absolute atomic E-state index is 0.104. The minimum Gasteiger partial charge on any atom is -0.424 e. The van der Waals surface area contributed by atoms with Gasteiger partial charge in [-0.1, -0.05) is 30.9 Å². The molecule has 6 heteroatoms. The lowest BCUT2D eigenvalue weighted by molar-refractivity contribution is -0.139. The van der Waals surface area contributed by atoms with E-state index in [2.05, 4.69) is 13.2 Å². The number of esters is 2. The summed E-state index contributed by atoms with van der Waals surface area (Å²) in [7, 11) is 1.48. The van der Waals surface area contributed by atoms with E-state index < -0.39 is 18.1 Å². The second-order valence-electron chi connectivity index (χ2n) is 8.59. The van der Waals surface area contributed by atoms with E-state index in [9.17, 15) is 14.0 Å². The first-order chi connectivity index (χ1) is 16.3. The maximum Gasteiger partial charge on any atom is 0.345 e. The van der Waals surface area contributed by atoms with Crippen LogP contribution in [0.25, 0.3) is 11.1 Å². The van der Waals surface area contributed by atoms with Crippen molar-refractivity contribution in [3.8, 4) is 22.6 Å². The first kappa shape index (κ1) is 25.4. The van der Waals surface area contributed by atoms with Crippen LogP contribution in [0.4, 0.5) is 4.39 Å². The molecular formula is C28H31FO5. The van der Waals surface area contributed by atoms with Crippen molar-refractivity contribution in [1.82, 2.24) is 0 Å². The van der Waals surface area contributed by atoms with E-state index in [4.69, 9.17) is 14.2 Å². The van der Waals surface area contributed by atoms with Crippen LogP contribution in [0.1, 0.15) is 44.1 Å². The first-order valence-electron chi connectivity index (χ1n) is 11.4. The van der Waals surface area contributed by atoms with E-state index in [1.54, 1.807) is 18.2 Å². The van der Waals surface area contributed by atoms with Gasteiger partial charge in [0.05, 0.1) is 12.2 Å². The van der Waals surface area contributed by atoms with Crippen LogP contribution < -0.4 is 9.47 Å². The van der Waals surface area contributed by atoms with Crippen LogP contribution in [0.5, 0.6) is 11.5 Å². The number of allylic oxidation sites excluding steroid dienone is 1. The highest BCUT2D eigenvalue weighted by Gasteiger charge is 2.25. The topological polar surface area (TPSA) is 61.8 Å². The highest BCUT2D eigenvalue weighted by atomic mass is 19.1. The van der Waals surface area contributed by atoms with E-state index in [0.717, 1.165) is 42.4 Å². The molecule has 0 radical (unpaired) electrons. The van der Waals surface area contributed by atoms with Gasteiger partial charge in [0.15, 0.2) is 6.17 Å². The summed E-state index contributed by atoms with van der Waals surface area (Å²) in [6.07, 6.45) is 4.21. The molecule has 5 nitrogen and oxygen atoms in total. The van der Waals surface area contributed by atoms with Crippen LogP contribution >= 0.6 is 0 Å². The molecule has 180 valence electrons. The zero-order chi connectivity index (χ0) is 24.7. The van der Waals surface area contributed by atoms with E-state index in [-0.39, 0.29) is 18.1 Å². The fourth-order valence-corrected chi connectivity index (χ4v) is 4.12. The smallest absolute Gasteiger partial charge is 0.345 e. The molecular weight excluding hydrogens is 435 g/mol. The Morgan fingerprint density at radius 3 is 2.29 bits per heavy atom. The number of ether oxygens (including phenoxy) is 3. The van der Waals surface area contributed by atoms with E-state index in [1.807, 2.05) is 30.3 Å². The van der Waals surface area contributed by atoms with Crippen LogP contribution in [-0.2, 0) is 14.3 Å². The Hall–Kier alpha value is -3.25. The average Bonchev–Trinajstić information content (AvgIpc) is 2.85. The van der Waals surface area contributed by atoms with Gasteiger partial charge in [-0.05, 0) is 85.4 Å². The predicted molar refractivity (Wildman–Crippen MR) is 130 cm³/mol. The molecule has 1 atom stereocenters. The molecule has 0 N–H and O–H groups in total. The third-order valence-corrected chi connectivity index (χ3v) is 6.10. The predicted octanol–water partition coefficient (Wildman–Crippen LogP) is 6.18. The molecule has 1 saturated carbocycles. The molecule has 0 heterocycles. The summed E-state index contributed by atoms with van der Waals surface area (Å²) in [4.78, 5) is 24.0. The number of hydrogen-bond acceptors (Lipinski definition) is 5. The highest BCUT2D eigenvalue weighted by molar-refractivity contribution is 5.89. The summed E-state index contributed by atoms with van der Waals surface area (Å²) < 4.78 is 29.1. The lowest BCUT2D eigenvalue weighted by Gasteiger charge is -2.28. The van der Waals surface area contributed by atoms with Crippen molar-refractivity contribution in [3.63, 3.8) is 0 Å². The number of carbonyl (C=O) groups excluding carboxylic acids is 2. The Morgan fingerprint density at radius 2 is 1.71 bits per heavy atom. The monoisotopic (exact) mass is 466 g/mol. The van der Waals surface area contributed by atoms with Gasteiger partial charge < -0.3 is 14.2 Å². The average molecular weight is 467 g/mol. The number of carbonyl (C=O) groups is 2. The lowest BCUT2D eigenvalue weighted by Crippen LogP contribution is -2.20. The summed E-state index contributed by atoms with van der Waals surface area (Å²) >= 11 is 0. The molecule has 2 aromatic rings. The second kappa shape index (κ2) is 11.7. The number of halogens is 1. The van der Waals surface area contributed by atoms with Crippen molar-refractivity contribution in [3.05, 3.63) is 72.8 Å². The van der Waals surface area contributed by atoms with Gasteiger partial charge in [0.25, 0.3) is 0 Å². The summed E-state index contributed by atoms with van der Waals surface area (Å²) in [6.45, 7) is 8.82. The van der Waals surface area contributed by atoms with Gasteiger partial charge in [-0.2, -0.15) is 0 Å². The van der Waals surface area contributed by atoms with Gasteiger partial charge in [-0.3, -0.25) is 0 Å². The summed E-state index contributed by atoms with van der Waals surface area (Å²) in [5.74, 6) is 0.0710. The Kier molecular flexibility index (Phi) is 8.77. The molecule has 0 unspecified atom stereocenters. The van der Waals surface area contributed by atoms with Gasteiger partial charge in [-0.15, -0.1) is 6.58 Å². The minimum atomic E-state index is -1.70. The van der Waals surface area contributed by atoms with Crippen LogP contribution in [0.15, 0.2) is 67.3 Å². The molecule has 0 saturated heterocycles. The van der Waals surface area contributed by atoms with Crippen molar-refractivity contribution >= 4 is 11.9 Å². The molecule has 1 aliphatic carbocycles. The SMILES string of the molecule is C=CC1CCC(c2cc(-c3ccc(OC(=O)C(=C)COC)cc3)ccc2OC(=O)[C@H](C)F)CC1. The molecule has 3 rings (SSSR count). The first-order valence-corrected chi connectivity index (χ1v) is 11.4. The molecule has 0 amide bonds. The van der Waals surface area contributed by atoms with E-state index in [0.29, 0.717) is 17.4 Å². The third-order valence-electron chi connectivity index (χ3n) is 6.10. The summed E-state index contributed by atoms with van der Waals surface area (Å²) in [5, 5.41) is 0. The van der Waals surface area contributed by atoms with Crippen LogP contribution in [0.2, 0.25) is 0 Å². The van der Waals surface area contributed by atoms with Crippen molar-refractivity contribution in [2.45, 2.75) is 44.7 Å². The zero-order valence-corrected chi connectivity index (χ0v) is 19.7. The molecule has 0 aromatic heterocycles. The van der Waals surface area contributed by atoms with Gasteiger partial charge >= 0.3 is 11.9 Å².